The number of aryl methyl sites for hydroxylation is 1. The third kappa shape index (κ3) is 3.20. The number of alkyl halides is 3. The molecular formula is C16H13F3N2OS. The van der Waals surface area contributed by atoms with Crippen molar-refractivity contribution in [2.45, 2.75) is 29.4 Å². The van der Waals surface area contributed by atoms with Gasteiger partial charge in [0.25, 0.3) is 0 Å². The highest BCUT2D eigenvalue weighted by Gasteiger charge is 2.30. The number of aromatic nitrogens is 1. The van der Waals surface area contributed by atoms with Gasteiger partial charge in [0.15, 0.2) is 11.5 Å². The molecule has 0 aliphatic heterocycles. The Kier molecular flexibility index (Phi) is 4.08. The fourth-order valence-electron chi connectivity index (χ4n) is 2.22. The average Bonchev–Trinajstić information content (AvgIpc) is 2.89. The standard InChI is InChI=1S/C16H13F3N2OS/c1-9-21-14-13(7-2-10(8-20)15(14)22-9)23-12-5-3-11(4-6-12)16(17,18)19/h2-7H,8,20H2,1H3. The van der Waals surface area contributed by atoms with E-state index >= 15 is 0 Å². The molecule has 0 aliphatic carbocycles. The van der Waals surface area contributed by atoms with Gasteiger partial charge in [0.05, 0.1) is 5.56 Å². The summed E-state index contributed by atoms with van der Waals surface area (Å²) in [5.74, 6) is 0.523. The van der Waals surface area contributed by atoms with E-state index in [1.807, 2.05) is 12.1 Å². The van der Waals surface area contributed by atoms with E-state index in [0.717, 1.165) is 22.6 Å². The maximum atomic E-state index is 12.6. The highest BCUT2D eigenvalue weighted by molar-refractivity contribution is 7.99. The molecule has 0 radical (unpaired) electrons. The Hall–Kier alpha value is -1.99. The van der Waals surface area contributed by atoms with Crippen LogP contribution in [0.1, 0.15) is 17.0 Å². The molecule has 3 aromatic rings. The average molecular weight is 338 g/mol. The molecule has 1 heterocycles. The summed E-state index contributed by atoms with van der Waals surface area (Å²) >= 11 is 1.34. The van der Waals surface area contributed by atoms with Crippen molar-refractivity contribution in [2.75, 3.05) is 0 Å². The summed E-state index contributed by atoms with van der Waals surface area (Å²) in [6.07, 6.45) is -4.33. The van der Waals surface area contributed by atoms with E-state index in [1.54, 1.807) is 6.92 Å². The van der Waals surface area contributed by atoms with Gasteiger partial charge in [0.1, 0.15) is 5.52 Å². The van der Waals surface area contributed by atoms with E-state index in [2.05, 4.69) is 4.98 Å². The summed E-state index contributed by atoms with van der Waals surface area (Å²) in [6.45, 7) is 2.07. The molecular weight excluding hydrogens is 325 g/mol. The summed E-state index contributed by atoms with van der Waals surface area (Å²) in [6, 6.07) is 8.74. The van der Waals surface area contributed by atoms with E-state index < -0.39 is 11.7 Å². The highest BCUT2D eigenvalue weighted by atomic mass is 32.2. The van der Waals surface area contributed by atoms with Crippen LogP contribution in [0.2, 0.25) is 0 Å². The van der Waals surface area contributed by atoms with Gasteiger partial charge in [-0.15, -0.1) is 0 Å². The first-order valence-electron chi connectivity index (χ1n) is 6.82. The summed E-state index contributed by atoms with van der Waals surface area (Å²) in [4.78, 5) is 5.86. The Morgan fingerprint density at radius 3 is 2.43 bits per heavy atom. The lowest BCUT2D eigenvalue weighted by molar-refractivity contribution is -0.137. The minimum Gasteiger partial charge on any atom is -0.441 e. The van der Waals surface area contributed by atoms with Gasteiger partial charge in [0, 0.05) is 28.8 Å². The first kappa shape index (κ1) is 15.9. The van der Waals surface area contributed by atoms with Gasteiger partial charge in [-0.05, 0) is 30.3 Å². The maximum absolute atomic E-state index is 12.6. The largest absolute Gasteiger partial charge is 0.441 e. The quantitative estimate of drug-likeness (QED) is 0.748. The molecule has 0 aliphatic rings. The van der Waals surface area contributed by atoms with Crippen molar-refractivity contribution in [3.05, 3.63) is 53.4 Å². The minimum atomic E-state index is -4.33. The zero-order valence-corrected chi connectivity index (χ0v) is 13.0. The van der Waals surface area contributed by atoms with Gasteiger partial charge in [-0.2, -0.15) is 13.2 Å². The van der Waals surface area contributed by atoms with Gasteiger partial charge >= 0.3 is 6.18 Å². The number of hydrogen-bond donors (Lipinski definition) is 1. The first-order valence-corrected chi connectivity index (χ1v) is 7.64. The molecule has 0 unspecified atom stereocenters. The smallest absolute Gasteiger partial charge is 0.416 e. The van der Waals surface area contributed by atoms with Crippen molar-refractivity contribution in [1.82, 2.24) is 4.98 Å². The Balaban J connectivity index is 1.96. The number of nitrogens with two attached hydrogens (primary N) is 1. The molecule has 23 heavy (non-hydrogen) atoms. The fourth-order valence-corrected chi connectivity index (χ4v) is 3.12. The van der Waals surface area contributed by atoms with Crippen molar-refractivity contribution in [3.8, 4) is 0 Å². The van der Waals surface area contributed by atoms with Crippen molar-refractivity contribution < 1.29 is 17.6 Å². The lowest BCUT2D eigenvalue weighted by atomic mass is 10.2. The Morgan fingerprint density at radius 1 is 1.13 bits per heavy atom. The van der Waals surface area contributed by atoms with Crippen LogP contribution in [0.5, 0.6) is 0 Å². The van der Waals surface area contributed by atoms with Crippen molar-refractivity contribution >= 4 is 22.9 Å². The lowest BCUT2D eigenvalue weighted by Gasteiger charge is -2.08. The summed E-state index contributed by atoms with van der Waals surface area (Å²) in [7, 11) is 0. The van der Waals surface area contributed by atoms with E-state index in [9.17, 15) is 13.2 Å². The Morgan fingerprint density at radius 2 is 1.83 bits per heavy atom. The first-order chi connectivity index (χ1) is 10.9. The SMILES string of the molecule is Cc1nc2c(Sc3ccc(C(F)(F)F)cc3)ccc(CN)c2o1. The van der Waals surface area contributed by atoms with Gasteiger partial charge in [0.2, 0.25) is 0 Å². The Labute approximate surface area is 134 Å². The molecule has 0 bridgehead atoms. The predicted molar refractivity (Wildman–Crippen MR) is 82.2 cm³/mol. The maximum Gasteiger partial charge on any atom is 0.416 e. The fraction of sp³-hybridized carbons (Fsp3) is 0.188. The second kappa shape index (κ2) is 5.90. The normalized spacial score (nSPS) is 12.0. The van der Waals surface area contributed by atoms with Crippen molar-refractivity contribution in [3.63, 3.8) is 0 Å². The van der Waals surface area contributed by atoms with Gasteiger partial charge in [-0.3, -0.25) is 0 Å². The summed E-state index contributed by atoms with van der Waals surface area (Å²) < 4.78 is 43.4. The van der Waals surface area contributed by atoms with E-state index in [4.69, 9.17) is 10.2 Å². The van der Waals surface area contributed by atoms with Crippen molar-refractivity contribution in [1.29, 1.82) is 0 Å². The number of nitrogens with zero attached hydrogens (tertiary/aromatic N) is 1. The minimum absolute atomic E-state index is 0.330. The van der Waals surface area contributed by atoms with Crippen LogP contribution in [0.3, 0.4) is 0 Å². The molecule has 2 N–H and O–H groups in total. The third-order valence-electron chi connectivity index (χ3n) is 3.32. The molecule has 0 spiro atoms. The molecule has 0 fully saturated rings. The predicted octanol–water partition coefficient (Wildman–Crippen LogP) is 4.76. The van der Waals surface area contributed by atoms with Crippen LogP contribution >= 0.6 is 11.8 Å². The molecule has 3 rings (SSSR count). The number of oxazole rings is 1. The van der Waals surface area contributed by atoms with E-state index in [-0.39, 0.29) is 0 Å². The van der Waals surface area contributed by atoms with Gasteiger partial charge in [-0.25, -0.2) is 4.98 Å². The monoisotopic (exact) mass is 338 g/mol. The lowest BCUT2D eigenvalue weighted by Crippen LogP contribution is -2.03. The topological polar surface area (TPSA) is 52.0 Å². The molecule has 2 aromatic carbocycles. The molecule has 0 amide bonds. The zero-order valence-electron chi connectivity index (χ0n) is 12.1. The molecule has 1 aromatic heterocycles. The second-order valence-corrected chi connectivity index (χ2v) is 6.08. The zero-order chi connectivity index (χ0) is 16.6. The number of fused-ring (bicyclic) bond motifs is 1. The molecule has 0 saturated carbocycles. The van der Waals surface area contributed by atoms with Gasteiger partial charge < -0.3 is 10.2 Å². The summed E-state index contributed by atoms with van der Waals surface area (Å²) in [5.41, 5.74) is 7.17. The molecule has 120 valence electrons. The number of halogens is 3. The molecule has 0 saturated heterocycles. The number of hydrogen-bond acceptors (Lipinski definition) is 4. The Bertz CT molecular complexity index is 841. The molecule has 7 heteroatoms. The summed E-state index contributed by atoms with van der Waals surface area (Å²) in [5, 5.41) is 0. The van der Waals surface area contributed by atoms with E-state index in [1.165, 1.54) is 23.9 Å². The third-order valence-corrected chi connectivity index (χ3v) is 4.38. The number of benzene rings is 2. The molecule has 0 atom stereocenters. The van der Waals surface area contributed by atoms with Gasteiger partial charge in [-0.1, -0.05) is 17.8 Å². The van der Waals surface area contributed by atoms with Crippen molar-refractivity contribution in [2.24, 2.45) is 5.73 Å². The van der Waals surface area contributed by atoms with Crippen LogP contribution in [0, 0.1) is 6.92 Å². The van der Waals surface area contributed by atoms with Crippen LogP contribution in [0.25, 0.3) is 11.1 Å². The van der Waals surface area contributed by atoms with E-state index in [0.29, 0.717) is 28.4 Å². The molecule has 3 nitrogen and oxygen atoms in total. The second-order valence-electron chi connectivity index (χ2n) is 4.96. The van der Waals surface area contributed by atoms with Crippen LogP contribution in [0.4, 0.5) is 13.2 Å². The van der Waals surface area contributed by atoms with Crippen LogP contribution in [-0.2, 0) is 12.7 Å². The highest BCUT2D eigenvalue weighted by Crippen LogP contribution is 2.36. The van der Waals surface area contributed by atoms with Crippen LogP contribution in [-0.4, -0.2) is 4.98 Å². The van der Waals surface area contributed by atoms with Crippen LogP contribution < -0.4 is 5.73 Å². The number of rotatable bonds is 3. The van der Waals surface area contributed by atoms with Crippen LogP contribution in [0.15, 0.2) is 50.6 Å².